The van der Waals surface area contributed by atoms with Gasteiger partial charge in [0, 0.05) is 23.3 Å². The number of amides is 1. The number of fused-ring (bicyclic) bond motifs is 1. The molecule has 4 heteroatoms. The molecule has 0 saturated carbocycles. The van der Waals surface area contributed by atoms with Crippen LogP contribution in [0.3, 0.4) is 0 Å². The van der Waals surface area contributed by atoms with Crippen molar-refractivity contribution in [1.82, 2.24) is 9.97 Å². The highest BCUT2D eigenvalue weighted by Crippen LogP contribution is 2.27. The summed E-state index contributed by atoms with van der Waals surface area (Å²) in [6.45, 7) is 1.63. The molecule has 0 bridgehead atoms. The standard InChI is InChI=1S/C17H13N3O/c1-2-6-16(21)20-15-11-19-17-14(15)9-13(10-18-17)12-7-4-3-5-8-12/h3-5,7-11H,1H3,(H,18,19)(H,20,21). The number of rotatable bonds is 2. The maximum atomic E-state index is 11.6. The number of H-pyrrole nitrogens is 1. The number of hydrogen-bond acceptors (Lipinski definition) is 2. The van der Waals surface area contributed by atoms with Crippen molar-refractivity contribution in [3.63, 3.8) is 0 Å². The Morgan fingerprint density at radius 2 is 2.05 bits per heavy atom. The number of nitrogens with zero attached hydrogens (tertiary/aromatic N) is 1. The molecule has 3 rings (SSSR count). The van der Waals surface area contributed by atoms with Crippen molar-refractivity contribution >= 4 is 22.6 Å². The molecule has 2 N–H and O–H groups in total. The van der Waals surface area contributed by atoms with E-state index in [1.807, 2.05) is 42.6 Å². The van der Waals surface area contributed by atoms with E-state index in [0.717, 1.165) is 22.2 Å². The highest BCUT2D eigenvalue weighted by molar-refractivity contribution is 6.08. The molecule has 0 fully saturated rings. The third-order valence-corrected chi connectivity index (χ3v) is 3.12. The Morgan fingerprint density at radius 1 is 1.24 bits per heavy atom. The van der Waals surface area contributed by atoms with Gasteiger partial charge >= 0.3 is 0 Å². The first-order valence-corrected chi connectivity index (χ1v) is 6.54. The lowest BCUT2D eigenvalue weighted by molar-refractivity contribution is -0.111. The summed E-state index contributed by atoms with van der Waals surface area (Å²) in [5.74, 6) is 4.71. The van der Waals surface area contributed by atoms with Crippen molar-refractivity contribution in [1.29, 1.82) is 0 Å². The van der Waals surface area contributed by atoms with Gasteiger partial charge in [-0.25, -0.2) is 4.98 Å². The Kier molecular flexibility index (Phi) is 3.40. The van der Waals surface area contributed by atoms with Crippen LogP contribution in [0.15, 0.2) is 48.8 Å². The second kappa shape index (κ2) is 5.51. The van der Waals surface area contributed by atoms with Gasteiger partial charge in [0.25, 0.3) is 5.91 Å². The highest BCUT2D eigenvalue weighted by atomic mass is 16.1. The van der Waals surface area contributed by atoms with E-state index in [2.05, 4.69) is 27.1 Å². The van der Waals surface area contributed by atoms with Crippen LogP contribution in [0.5, 0.6) is 0 Å². The molecule has 4 nitrogen and oxygen atoms in total. The van der Waals surface area contributed by atoms with Crippen LogP contribution in [0.1, 0.15) is 6.92 Å². The average Bonchev–Trinajstić information content (AvgIpc) is 2.91. The molecular formula is C17H13N3O. The maximum absolute atomic E-state index is 11.6. The summed E-state index contributed by atoms with van der Waals surface area (Å²) in [5, 5.41) is 3.62. The van der Waals surface area contributed by atoms with Crippen molar-refractivity contribution < 1.29 is 4.79 Å². The molecule has 2 heterocycles. The van der Waals surface area contributed by atoms with E-state index in [-0.39, 0.29) is 5.91 Å². The van der Waals surface area contributed by atoms with Crippen LogP contribution in [-0.4, -0.2) is 15.9 Å². The van der Waals surface area contributed by atoms with Crippen LogP contribution in [0, 0.1) is 11.8 Å². The first-order valence-electron chi connectivity index (χ1n) is 6.54. The molecule has 0 atom stereocenters. The number of carbonyl (C=O) groups excluding carboxylic acids is 1. The minimum atomic E-state index is -0.330. The Morgan fingerprint density at radius 3 is 2.81 bits per heavy atom. The SMILES string of the molecule is CC#CC(=O)Nc1c[nH]c2ncc(-c3ccccc3)cc12. The van der Waals surface area contributed by atoms with Gasteiger partial charge in [-0.2, -0.15) is 0 Å². The third-order valence-electron chi connectivity index (χ3n) is 3.12. The van der Waals surface area contributed by atoms with E-state index in [0.29, 0.717) is 5.69 Å². The van der Waals surface area contributed by atoms with E-state index >= 15 is 0 Å². The minimum absolute atomic E-state index is 0.330. The van der Waals surface area contributed by atoms with Gasteiger partial charge < -0.3 is 10.3 Å². The number of nitrogens with one attached hydrogen (secondary N) is 2. The smallest absolute Gasteiger partial charge is 0.300 e. The first-order chi connectivity index (χ1) is 10.3. The van der Waals surface area contributed by atoms with Gasteiger partial charge in [-0.1, -0.05) is 36.3 Å². The zero-order valence-corrected chi connectivity index (χ0v) is 11.5. The van der Waals surface area contributed by atoms with Gasteiger partial charge in [0.1, 0.15) is 5.65 Å². The number of carbonyl (C=O) groups is 1. The summed E-state index contributed by atoms with van der Waals surface area (Å²) in [4.78, 5) is 19.0. The van der Waals surface area contributed by atoms with Gasteiger partial charge in [-0.15, -0.1) is 0 Å². The van der Waals surface area contributed by atoms with Gasteiger partial charge in [0.15, 0.2) is 0 Å². The molecular weight excluding hydrogens is 262 g/mol. The van der Waals surface area contributed by atoms with Crippen molar-refractivity contribution in [2.24, 2.45) is 0 Å². The topological polar surface area (TPSA) is 57.8 Å². The fourth-order valence-electron chi connectivity index (χ4n) is 2.16. The zero-order valence-electron chi connectivity index (χ0n) is 11.5. The van der Waals surface area contributed by atoms with E-state index in [9.17, 15) is 4.79 Å². The number of pyridine rings is 1. The molecule has 0 spiro atoms. The molecule has 1 aromatic carbocycles. The van der Waals surface area contributed by atoms with Crippen LogP contribution >= 0.6 is 0 Å². The molecule has 3 aromatic rings. The number of hydrogen-bond donors (Lipinski definition) is 2. The molecule has 21 heavy (non-hydrogen) atoms. The molecule has 2 aromatic heterocycles. The van der Waals surface area contributed by atoms with Crippen LogP contribution in [0.2, 0.25) is 0 Å². The van der Waals surface area contributed by atoms with Gasteiger partial charge in [0.2, 0.25) is 0 Å². The van der Waals surface area contributed by atoms with Crippen LogP contribution in [0.25, 0.3) is 22.2 Å². The van der Waals surface area contributed by atoms with E-state index < -0.39 is 0 Å². The fourth-order valence-corrected chi connectivity index (χ4v) is 2.16. The lowest BCUT2D eigenvalue weighted by Crippen LogP contribution is -2.07. The largest absolute Gasteiger partial charge is 0.344 e. The molecule has 102 valence electrons. The molecule has 0 aliphatic carbocycles. The second-order valence-electron chi connectivity index (χ2n) is 4.52. The van der Waals surface area contributed by atoms with Crippen molar-refractivity contribution in [3.8, 4) is 23.0 Å². The van der Waals surface area contributed by atoms with Crippen LogP contribution in [-0.2, 0) is 4.79 Å². The van der Waals surface area contributed by atoms with Gasteiger partial charge in [-0.05, 0) is 24.5 Å². The molecule has 0 aliphatic rings. The van der Waals surface area contributed by atoms with E-state index in [1.165, 1.54) is 0 Å². The summed E-state index contributed by atoms with van der Waals surface area (Å²) in [5.41, 5.74) is 3.50. The number of aromatic nitrogens is 2. The second-order valence-corrected chi connectivity index (χ2v) is 4.52. The molecule has 0 aliphatic heterocycles. The third kappa shape index (κ3) is 2.63. The first kappa shape index (κ1) is 12.9. The van der Waals surface area contributed by atoms with E-state index in [1.54, 1.807) is 13.1 Å². The molecule has 1 amide bonds. The Hall–Kier alpha value is -3.06. The predicted octanol–water partition coefficient (Wildman–Crippen LogP) is 3.19. The monoisotopic (exact) mass is 275 g/mol. The van der Waals surface area contributed by atoms with Crippen LogP contribution in [0.4, 0.5) is 5.69 Å². The summed E-state index contributed by atoms with van der Waals surface area (Å²) < 4.78 is 0. The lowest BCUT2D eigenvalue weighted by Gasteiger charge is -2.03. The highest BCUT2D eigenvalue weighted by Gasteiger charge is 2.08. The summed E-state index contributed by atoms with van der Waals surface area (Å²) >= 11 is 0. The number of aromatic amines is 1. The predicted molar refractivity (Wildman–Crippen MR) is 83.6 cm³/mol. The Balaban J connectivity index is 2.03. The van der Waals surface area contributed by atoms with Gasteiger partial charge in [0.05, 0.1) is 5.69 Å². The quantitative estimate of drug-likeness (QED) is 0.706. The fraction of sp³-hybridized carbons (Fsp3) is 0.0588. The normalized spacial score (nSPS) is 9.95. The zero-order chi connectivity index (χ0) is 14.7. The maximum Gasteiger partial charge on any atom is 0.300 e. The summed E-state index contributed by atoms with van der Waals surface area (Å²) in [6.07, 6.45) is 3.54. The Labute approximate surface area is 122 Å². The van der Waals surface area contributed by atoms with Crippen molar-refractivity contribution in [3.05, 3.63) is 48.8 Å². The molecule has 0 saturated heterocycles. The van der Waals surface area contributed by atoms with Crippen LogP contribution < -0.4 is 5.32 Å². The van der Waals surface area contributed by atoms with Gasteiger partial charge in [-0.3, -0.25) is 4.79 Å². The summed E-state index contributed by atoms with van der Waals surface area (Å²) in [6, 6.07) is 12.0. The van der Waals surface area contributed by atoms with Crippen molar-refractivity contribution in [2.75, 3.05) is 5.32 Å². The summed E-state index contributed by atoms with van der Waals surface area (Å²) in [7, 11) is 0. The molecule has 0 unspecified atom stereocenters. The number of benzene rings is 1. The average molecular weight is 275 g/mol. The van der Waals surface area contributed by atoms with E-state index in [4.69, 9.17) is 0 Å². The Bertz CT molecular complexity index is 854. The minimum Gasteiger partial charge on any atom is -0.344 e. The number of anilines is 1. The lowest BCUT2D eigenvalue weighted by atomic mass is 10.1. The molecule has 0 radical (unpaired) electrons. The van der Waals surface area contributed by atoms with Crippen molar-refractivity contribution in [2.45, 2.75) is 6.92 Å².